The second-order valence-corrected chi connectivity index (χ2v) is 9.06. The third kappa shape index (κ3) is 5.62. The molecule has 2 aliphatic rings. The van der Waals surface area contributed by atoms with Gasteiger partial charge in [-0.25, -0.2) is 4.39 Å². The van der Waals surface area contributed by atoms with Gasteiger partial charge < -0.3 is 4.74 Å². The van der Waals surface area contributed by atoms with Crippen molar-refractivity contribution in [1.82, 2.24) is 4.90 Å². The van der Waals surface area contributed by atoms with Gasteiger partial charge in [-0.05, 0) is 86.0 Å². The molecule has 1 aliphatic carbocycles. The summed E-state index contributed by atoms with van der Waals surface area (Å²) in [7, 11) is 0. The summed E-state index contributed by atoms with van der Waals surface area (Å²) < 4.78 is 59.1. The molecule has 0 bridgehead atoms. The van der Waals surface area contributed by atoms with Crippen molar-refractivity contribution >= 4 is 17.9 Å². The van der Waals surface area contributed by atoms with Crippen LogP contribution in [0, 0.1) is 11.7 Å². The van der Waals surface area contributed by atoms with E-state index >= 15 is 0 Å². The van der Waals surface area contributed by atoms with Gasteiger partial charge in [-0.15, -0.1) is 0 Å². The molecule has 8 heteroatoms. The molecule has 0 aromatic heterocycles. The molecule has 0 spiro atoms. The van der Waals surface area contributed by atoms with E-state index in [0.717, 1.165) is 56.5 Å². The van der Waals surface area contributed by atoms with E-state index in [1.54, 1.807) is 12.4 Å². The van der Waals surface area contributed by atoms with E-state index in [-0.39, 0.29) is 16.5 Å². The van der Waals surface area contributed by atoms with E-state index in [4.69, 9.17) is 16.3 Å². The molecular formula is C24H23ClF4NO2. The third-order valence-electron chi connectivity index (χ3n) is 6.10. The minimum atomic E-state index is -4.43. The zero-order valence-corrected chi connectivity index (χ0v) is 18.1. The van der Waals surface area contributed by atoms with E-state index in [0.29, 0.717) is 30.4 Å². The molecule has 171 valence electrons. The van der Waals surface area contributed by atoms with Crippen LogP contribution in [0.25, 0.3) is 0 Å². The van der Waals surface area contributed by atoms with Crippen LogP contribution in [0.2, 0.25) is 5.02 Å². The highest BCUT2D eigenvalue weighted by Gasteiger charge is 2.32. The van der Waals surface area contributed by atoms with Crippen LogP contribution in [0.15, 0.2) is 30.3 Å². The second-order valence-electron chi connectivity index (χ2n) is 8.62. The molecule has 1 saturated heterocycles. The van der Waals surface area contributed by atoms with Crippen LogP contribution in [-0.2, 0) is 17.5 Å². The summed E-state index contributed by atoms with van der Waals surface area (Å²) in [4.78, 5) is 13.0. The van der Waals surface area contributed by atoms with Crippen LogP contribution < -0.4 is 4.74 Å². The number of alkyl halides is 3. The van der Waals surface area contributed by atoms with Crippen molar-refractivity contribution in [3.8, 4) is 5.75 Å². The van der Waals surface area contributed by atoms with Crippen molar-refractivity contribution in [1.29, 1.82) is 0 Å². The smallest absolute Gasteiger partial charge is 0.416 e. The van der Waals surface area contributed by atoms with E-state index in [1.165, 1.54) is 12.1 Å². The zero-order valence-electron chi connectivity index (χ0n) is 17.4. The van der Waals surface area contributed by atoms with Crippen molar-refractivity contribution in [3.63, 3.8) is 0 Å². The maximum absolute atomic E-state index is 14.0. The molecule has 2 aromatic carbocycles. The van der Waals surface area contributed by atoms with Crippen LogP contribution in [0.3, 0.4) is 0 Å². The van der Waals surface area contributed by atoms with Gasteiger partial charge in [0.1, 0.15) is 11.6 Å². The molecule has 1 saturated carbocycles. The minimum Gasteiger partial charge on any atom is -0.493 e. The summed E-state index contributed by atoms with van der Waals surface area (Å²) in [6.07, 6.45) is 0.860. The molecule has 0 atom stereocenters. The van der Waals surface area contributed by atoms with Crippen LogP contribution in [0.1, 0.15) is 53.9 Å². The molecule has 0 N–H and O–H groups in total. The number of likely N-dealkylation sites (tertiary alicyclic amines) is 1. The lowest BCUT2D eigenvalue weighted by Gasteiger charge is -2.32. The second kappa shape index (κ2) is 9.40. The van der Waals surface area contributed by atoms with Gasteiger partial charge in [0.15, 0.2) is 0 Å². The monoisotopic (exact) mass is 468 g/mol. The van der Waals surface area contributed by atoms with E-state index in [2.05, 4.69) is 4.90 Å². The lowest BCUT2D eigenvalue weighted by Crippen LogP contribution is -2.35. The van der Waals surface area contributed by atoms with Crippen LogP contribution in [-0.4, -0.2) is 30.9 Å². The molecule has 1 heterocycles. The van der Waals surface area contributed by atoms with E-state index < -0.39 is 17.6 Å². The number of nitrogens with zero attached hydrogens (tertiary/aromatic N) is 1. The van der Waals surface area contributed by atoms with Gasteiger partial charge in [-0.2, -0.15) is 13.2 Å². The average molecular weight is 469 g/mol. The summed E-state index contributed by atoms with van der Waals surface area (Å²) in [5.74, 6) is 0.432. The summed E-state index contributed by atoms with van der Waals surface area (Å²) >= 11 is 5.88. The van der Waals surface area contributed by atoms with Crippen molar-refractivity contribution < 1.29 is 27.1 Å². The Morgan fingerprint density at radius 2 is 1.78 bits per heavy atom. The first-order valence-corrected chi connectivity index (χ1v) is 11.0. The Balaban J connectivity index is 1.32. The first kappa shape index (κ1) is 23.1. The fourth-order valence-electron chi connectivity index (χ4n) is 4.17. The number of ether oxygens (including phenoxy) is 1. The Morgan fingerprint density at radius 3 is 2.41 bits per heavy atom. The third-order valence-corrected chi connectivity index (χ3v) is 6.32. The van der Waals surface area contributed by atoms with Crippen LogP contribution in [0.4, 0.5) is 17.6 Å². The SMILES string of the molecule is O=[C]c1cc(C2CC2)c(OCC2CCN(Cc3cc(Cl)cc(C(F)(F)F)c3)CC2)cc1F. The Hall–Kier alpha value is -2.12. The van der Waals surface area contributed by atoms with Crippen molar-refractivity contribution in [2.45, 2.75) is 44.3 Å². The predicted molar refractivity (Wildman–Crippen MR) is 113 cm³/mol. The Labute approximate surface area is 189 Å². The number of carbonyl (C=O) groups excluding carboxylic acids is 1. The van der Waals surface area contributed by atoms with Crippen molar-refractivity contribution in [2.24, 2.45) is 5.92 Å². The number of hydrogen-bond acceptors (Lipinski definition) is 3. The first-order chi connectivity index (χ1) is 15.2. The average Bonchev–Trinajstić information content (AvgIpc) is 3.57. The number of rotatable bonds is 7. The number of hydrogen-bond donors (Lipinski definition) is 0. The summed E-state index contributed by atoms with van der Waals surface area (Å²) in [6, 6.07) is 6.47. The highest BCUT2D eigenvalue weighted by molar-refractivity contribution is 6.30. The highest BCUT2D eigenvalue weighted by atomic mass is 35.5. The molecular weight excluding hydrogens is 446 g/mol. The lowest BCUT2D eigenvalue weighted by molar-refractivity contribution is -0.137. The van der Waals surface area contributed by atoms with Gasteiger partial charge in [0.2, 0.25) is 6.29 Å². The molecule has 1 aliphatic heterocycles. The normalized spacial score (nSPS) is 18.0. The van der Waals surface area contributed by atoms with Crippen molar-refractivity contribution in [3.05, 3.63) is 63.4 Å². The van der Waals surface area contributed by atoms with Gasteiger partial charge in [-0.3, -0.25) is 9.69 Å². The molecule has 4 rings (SSSR count). The Bertz CT molecular complexity index is 983. The Morgan fingerprint density at radius 1 is 1.06 bits per heavy atom. The van der Waals surface area contributed by atoms with E-state index in [1.807, 2.05) is 0 Å². The predicted octanol–water partition coefficient (Wildman–Crippen LogP) is 6.12. The molecule has 1 radical (unpaired) electrons. The number of piperidine rings is 1. The van der Waals surface area contributed by atoms with Gasteiger partial charge in [0, 0.05) is 17.6 Å². The summed E-state index contributed by atoms with van der Waals surface area (Å²) in [5, 5.41) is 0.0787. The molecule has 3 nitrogen and oxygen atoms in total. The topological polar surface area (TPSA) is 29.5 Å². The van der Waals surface area contributed by atoms with Gasteiger partial charge in [0.25, 0.3) is 0 Å². The maximum Gasteiger partial charge on any atom is 0.416 e. The minimum absolute atomic E-state index is 0.0674. The fourth-order valence-corrected chi connectivity index (χ4v) is 4.43. The largest absolute Gasteiger partial charge is 0.493 e. The van der Waals surface area contributed by atoms with Crippen molar-refractivity contribution in [2.75, 3.05) is 19.7 Å². The van der Waals surface area contributed by atoms with E-state index in [9.17, 15) is 22.4 Å². The fraction of sp³-hybridized carbons (Fsp3) is 0.458. The molecule has 32 heavy (non-hydrogen) atoms. The maximum atomic E-state index is 14.0. The lowest BCUT2D eigenvalue weighted by atomic mass is 9.97. The summed E-state index contributed by atoms with van der Waals surface area (Å²) in [6.45, 7) is 2.29. The first-order valence-electron chi connectivity index (χ1n) is 10.7. The standard InChI is InChI=1S/C24H23ClF4NO2/c25-20-8-16(7-19(10-20)24(27,28)29)12-30-5-3-15(4-6-30)14-32-23-11-22(26)18(13-31)9-21(23)17-1-2-17/h7-11,15,17H,1-6,12,14H2. The molecule has 2 aromatic rings. The molecule has 2 fully saturated rings. The highest BCUT2D eigenvalue weighted by Crippen LogP contribution is 2.45. The zero-order chi connectivity index (χ0) is 22.9. The van der Waals surface area contributed by atoms with Gasteiger partial charge >= 0.3 is 6.18 Å². The molecule has 0 amide bonds. The van der Waals surface area contributed by atoms with Crippen LogP contribution in [0.5, 0.6) is 5.75 Å². The van der Waals surface area contributed by atoms with Gasteiger partial charge in [0.05, 0.1) is 17.7 Å². The van der Waals surface area contributed by atoms with Crippen LogP contribution >= 0.6 is 11.6 Å². The van der Waals surface area contributed by atoms with Gasteiger partial charge in [-0.1, -0.05) is 11.6 Å². The Kier molecular flexibility index (Phi) is 6.77. The quantitative estimate of drug-likeness (QED) is 0.458. The number of halogens is 5. The molecule has 0 unspecified atom stereocenters. The number of benzene rings is 2. The summed E-state index contributed by atoms with van der Waals surface area (Å²) in [5.41, 5.74) is 0.599.